The SMILES string of the molecule is Cc1ccccc1N=C1NC(=O)C(CCCc2cccc(C(F)(F)F)c2)S1. The molecule has 2 aromatic carbocycles. The highest BCUT2D eigenvalue weighted by Crippen LogP contribution is 2.31. The molecule has 2 aromatic rings. The van der Waals surface area contributed by atoms with Gasteiger partial charge in [-0.25, -0.2) is 4.99 Å². The summed E-state index contributed by atoms with van der Waals surface area (Å²) in [4.78, 5) is 16.6. The third-order valence-corrected chi connectivity index (χ3v) is 5.45. The lowest BCUT2D eigenvalue weighted by atomic mass is 10.0. The van der Waals surface area contributed by atoms with Gasteiger partial charge in [-0.05, 0) is 49.4 Å². The highest BCUT2D eigenvalue weighted by molar-refractivity contribution is 8.15. The molecule has 3 nitrogen and oxygen atoms in total. The van der Waals surface area contributed by atoms with Gasteiger partial charge in [-0.15, -0.1) is 0 Å². The average Bonchev–Trinajstić information content (AvgIpc) is 2.96. The van der Waals surface area contributed by atoms with Gasteiger partial charge in [-0.2, -0.15) is 13.2 Å². The van der Waals surface area contributed by atoms with E-state index < -0.39 is 11.7 Å². The summed E-state index contributed by atoms with van der Waals surface area (Å²) in [5, 5.41) is 3.09. The quantitative estimate of drug-likeness (QED) is 0.755. The van der Waals surface area contributed by atoms with Crippen molar-refractivity contribution >= 4 is 28.5 Å². The zero-order valence-electron chi connectivity index (χ0n) is 14.7. The van der Waals surface area contributed by atoms with E-state index in [1.165, 1.54) is 23.9 Å². The molecule has 0 saturated carbocycles. The van der Waals surface area contributed by atoms with Crippen molar-refractivity contribution in [3.05, 3.63) is 65.2 Å². The van der Waals surface area contributed by atoms with Gasteiger partial charge in [-0.3, -0.25) is 4.79 Å². The van der Waals surface area contributed by atoms with Gasteiger partial charge < -0.3 is 5.32 Å². The molecule has 1 fully saturated rings. The fourth-order valence-electron chi connectivity index (χ4n) is 2.84. The first-order valence-corrected chi connectivity index (χ1v) is 9.49. The molecule has 1 aliphatic heterocycles. The standard InChI is InChI=1S/C20H19F3N2OS/c1-13-6-2-3-10-16(13)24-19-25-18(26)17(27-19)11-5-8-14-7-4-9-15(12-14)20(21,22)23/h2-4,6-7,9-10,12,17H,5,8,11H2,1H3,(H,24,25,26). The van der Waals surface area contributed by atoms with Gasteiger partial charge in [0.2, 0.25) is 5.91 Å². The maximum absolute atomic E-state index is 12.8. The van der Waals surface area contributed by atoms with Crippen LogP contribution in [0.3, 0.4) is 0 Å². The van der Waals surface area contributed by atoms with Crippen LogP contribution in [0.15, 0.2) is 53.5 Å². The zero-order valence-corrected chi connectivity index (χ0v) is 15.5. The van der Waals surface area contributed by atoms with Gasteiger partial charge in [0.15, 0.2) is 5.17 Å². The molecule has 1 N–H and O–H groups in total. The molecule has 0 bridgehead atoms. The summed E-state index contributed by atoms with van der Waals surface area (Å²) in [6.07, 6.45) is -2.62. The average molecular weight is 392 g/mol. The Morgan fingerprint density at radius 3 is 2.67 bits per heavy atom. The van der Waals surface area contributed by atoms with E-state index in [1.54, 1.807) is 6.07 Å². The number of nitrogens with one attached hydrogen (secondary N) is 1. The van der Waals surface area contributed by atoms with Crippen LogP contribution in [0.1, 0.15) is 29.5 Å². The second-order valence-corrected chi connectivity index (χ2v) is 7.58. The number of hydrogen-bond acceptors (Lipinski definition) is 3. The smallest absolute Gasteiger partial charge is 0.304 e. The van der Waals surface area contributed by atoms with E-state index in [1.807, 2.05) is 31.2 Å². The number of rotatable bonds is 5. The van der Waals surface area contributed by atoms with E-state index in [2.05, 4.69) is 10.3 Å². The van der Waals surface area contributed by atoms with Gasteiger partial charge in [0.1, 0.15) is 0 Å². The fraction of sp³-hybridized carbons (Fsp3) is 0.300. The minimum Gasteiger partial charge on any atom is -0.304 e. The number of carbonyl (C=O) groups excluding carboxylic acids is 1. The number of halogens is 3. The molecule has 1 saturated heterocycles. The van der Waals surface area contributed by atoms with Gasteiger partial charge in [0.25, 0.3) is 0 Å². The van der Waals surface area contributed by atoms with Crippen LogP contribution in [0, 0.1) is 6.92 Å². The van der Waals surface area contributed by atoms with Crippen molar-refractivity contribution in [1.82, 2.24) is 5.32 Å². The van der Waals surface area contributed by atoms with Crippen molar-refractivity contribution in [2.75, 3.05) is 0 Å². The first-order chi connectivity index (χ1) is 12.8. The number of carbonyl (C=O) groups is 1. The summed E-state index contributed by atoms with van der Waals surface area (Å²) < 4.78 is 38.3. The first-order valence-electron chi connectivity index (χ1n) is 8.61. The predicted octanol–water partition coefficient (Wildman–Crippen LogP) is 5.26. The summed E-state index contributed by atoms with van der Waals surface area (Å²) in [6, 6.07) is 13.0. The number of aliphatic imine (C=N–C) groups is 1. The molecule has 0 aromatic heterocycles. The second kappa shape index (κ2) is 8.17. The molecule has 7 heteroatoms. The van der Waals surface area contributed by atoms with E-state index >= 15 is 0 Å². The normalized spacial score (nSPS) is 18.7. The Morgan fingerprint density at radius 2 is 1.93 bits per heavy atom. The summed E-state index contributed by atoms with van der Waals surface area (Å²) in [5.41, 5.74) is 1.82. The van der Waals surface area contributed by atoms with E-state index in [-0.39, 0.29) is 11.2 Å². The van der Waals surface area contributed by atoms with Crippen LogP contribution in [-0.4, -0.2) is 16.3 Å². The van der Waals surface area contributed by atoms with E-state index in [0.29, 0.717) is 30.0 Å². The number of amidine groups is 1. The number of para-hydroxylation sites is 1. The summed E-state index contributed by atoms with van der Waals surface area (Å²) in [7, 11) is 0. The number of aryl methyl sites for hydroxylation is 2. The molecule has 142 valence electrons. The minimum absolute atomic E-state index is 0.101. The van der Waals surface area contributed by atoms with Gasteiger partial charge in [0.05, 0.1) is 16.5 Å². The van der Waals surface area contributed by atoms with Crippen LogP contribution < -0.4 is 5.32 Å². The van der Waals surface area contributed by atoms with Crippen molar-refractivity contribution in [3.63, 3.8) is 0 Å². The highest BCUT2D eigenvalue weighted by Gasteiger charge is 2.31. The van der Waals surface area contributed by atoms with Gasteiger partial charge >= 0.3 is 6.18 Å². The lowest BCUT2D eigenvalue weighted by molar-refractivity contribution is -0.137. The third-order valence-electron chi connectivity index (χ3n) is 4.30. The van der Waals surface area contributed by atoms with Crippen LogP contribution in [0.4, 0.5) is 18.9 Å². The Hall–Kier alpha value is -2.28. The zero-order chi connectivity index (χ0) is 19.4. The Morgan fingerprint density at radius 1 is 1.15 bits per heavy atom. The van der Waals surface area contributed by atoms with Gasteiger partial charge in [0, 0.05) is 0 Å². The lowest BCUT2D eigenvalue weighted by Gasteiger charge is -2.09. The fourth-order valence-corrected chi connectivity index (χ4v) is 3.87. The Balaban J connectivity index is 1.56. The Labute approximate surface area is 160 Å². The van der Waals surface area contributed by atoms with Crippen molar-refractivity contribution in [3.8, 4) is 0 Å². The molecule has 0 spiro atoms. The lowest BCUT2D eigenvalue weighted by Crippen LogP contribution is -2.24. The first kappa shape index (κ1) is 19.5. The molecule has 27 heavy (non-hydrogen) atoms. The number of thioether (sulfide) groups is 1. The number of hydrogen-bond donors (Lipinski definition) is 1. The molecule has 1 atom stereocenters. The molecular weight excluding hydrogens is 373 g/mol. The Kier molecular flexibility index (Phi) is 5.89. The highest BCUT2D eigenvalue weighted by atomic mass is 32.2. The number of alkyl halides is 3. The van der Waals surface area contributed by atoms with Crippen LogP contribution in [0.5, 0.6) is 0 Å². The van der Waals surface area contributed by atoms with Crippen LogP contribution in [-0.2, 0) is 17.4 Å². The molecular formula is C20H19F3N2OS. The van der Waals surface area contributed by atoms with Crippen LogP contribution in [0.2, 0.25) is 0 Å². The molecule has 0 radical (unpaired) electrons. The monoisotopic (exact) mass is 392 g/mol. The van der Waals surface area contributed by atoms with Crippen molar-refractivity contribution in [2.45, 2.75) is 37.6 Å². The van der Waals surface area contributed by atoms with E-state index in [0.717, 1.165) is 17.3 Å². The van der Waals surface area contributed by atoms with Crippen LogP contribution in [0.25, 0.3) is 0 Å². The Bertz CT molecular complexity index is 864. The number of nitrogens with zero attached hydrogens (tertiary/aromatic N) is 1. The summed E-state index contributed by atoms with van der Waals surface area (Å²) in [5.74, 6) is -0.101. The van der Waals surface area contributed by atoms with Crippen molar-refractivity contribution in [2.24, 2.45) is 4.99 Å². The molecule has 3 rings (SSSR count). The number of amides is 1. The summed E-state index contributed by atoms with van der Waals surface area (Å²) >= 11 is 1.37. The predicted molar refractivity (Wildman–Crippen MR) is 102 cm³/mol. The van der Waals surface area contributed by atoms with Crippen molar-refractivity contribution in [1.29, 1.82) is 0 Å². The maximum Gasteiger partial charge on any atom is 0.416 e. The molecule has 1 heterocycles. The van der Waals surface area contributed by atoms with Gasteiger partial charge in [-0.1, -0.05) is 48.2 Å². The van der Waals surface area contributed by atoms with E-state index in [4.69, 9.17) is 0 Å². The molecule has 0 aliphatic carbocycles. The maximum atomic E-state index is 12.8. The minimum atomic E-state index is -4.34. The second-order valence-electron chi connectivity index (χ2n) is 6.39. The van der Waals surface area contributed by atoms with Crippen LogP contribution >= 0.6 is 11.8 Å². The topological polar surface area (TPSA) is 41.5 Å². The molecule has 1 aliphatic rings. The van der Waals surface area contributed by atoms with Crippen molar-refractivity contribution < 1.29 is 18.0 Å². The van der Waals surface area contributed by atoms with E-state index in [9.17, 15) is 18.0 Å². The molecule has 1 amide bonds. The molecule has 1 unspecified atom stereocenters. The third kappa shape index (κ3) is 5.13. The summed E-state index contributed by atoms with van der Waals surface area (Å²) in [6.45, 7) is 1.95. The number of benzene rings is 2. The largest absolute Gasteiger partial charge is 0.416 e.